The maximum absolute atomic E-state index is 13.4. The lowest BCUT2D eigenvalue weighted by atomic mass is 9.97. The third-order valence-electron chi connectivity index (χ3n) is 2.95. The smallest absolute Gasteiger partial charge is 0.125 e. The van der Waals surface area contributed by atoms with E-state index in [-0.39, 0.29) is 5.82 Å². The van der Waals surface area contributed by atoms with Crippen LogP contribution in [0.15, 0.2) is 36.4 Å². The summed E-state index contributed by atoms with van der Waals surface area (Å²) >= 11 is 5.92. The number of halogens is 2. The SMILES string of the molecule is COc1cc(Cl)ccc1C(N)c1cc(C)cc(F)c1. The van der Waals surface area contributed by atoms with Crippen molar-refractivity contribution in [2.24, 2.45) is 5.73 Å². The van der Waals surface area contributed by atoms with Gasteiger partial charge in [0.2, 0.25) is 0 Å². The fourth-order valence-electron chi connectivity index (χ4n) is 2.07. The molecular weight excluding hydrogens is 265 g/mol. The van der Waals surface area contributed by atoms with Crippen molar-refractivity contribution in [3.63, 3.8) is 0 Å². The average Bonchev–Trinajstić information content (AvgIpc) is 2.36. The van der Waals surface area contributed by atoms with E-state index in [0.29, 0.717) is 16.3 Å². The number of nitrogens with two attached hydrogens (primary N) is 1. The number of benzene rings is 2. The Morgan fingerprint density at radius 3 is 2.58 bits per heavy atom. The van der Waals surface area contributed by atoms with Crippen LogP contribution in [0, 0.1) is 12.7 Å². The summed E-state index contributed by atoms with van der Waals surface area (Å²) in [7, 11) is 1.55. The van der Waals surface area contributed by atoms with Crippen LogP contribution >= 0.6 is 11.6 Å². The predicted octanol–water partition coefficient (Wildman–Crippen LogP) is 3.84. The Kier molecular flexibility index (Phi) is 4.08. The molecule has 2 aromatic carbocycles. The van der Waals surface area contributed by atoms with Crippen LogP contribution in [0.4, 0.5) is 4.39 Å². The fraction of sp³-hybridized carbons (Fsp3) is 0.200. The topological polar surface area (TPSA) is 35.2 Å². The van der Waals surface area contributed by atoms with Crippen molar-refractivity contribution in [3.05, 3.63) is 63.9 Å². The number of rotatable bonds is 3. The molecule has 2 rings (SSSR count). The number of hydrogen-bond donors (Lipinski definition) is 1. The minimum absolute atomic E-state index is 0.293. The first kappa shape index (κ1) is 13.8. The molecule has 0 aliphatic carbocycles. The van der Waals surface area contributed by atoms with Gasteiger partial charge in [0, 0.05) is 10.6 Å². The molecule has 4 heteroatoms. The molecule has 0 saturated carbocycles. The van der Waals surface area contributed by atoms with E-state index < -0.39 is 6.04 Å². The molecule has 0 saturated heterocycles. The van der Waals surface area contributed by atoms with Gasteiger partial charge >= 0.3 is 0 Å². The summed E-state index contributed by atoms with van der Waals surface area (Å²) in [6.07, 6.45) is 0. The predicted molar refractivity (Wildman–Crippen MR) is 75.2 cm³/mol. The lowest BCUT2D eigenvalue weighted by molar-refractivity contribution is 0.408. The maximum atomic E-state index is 13.4. The van der Waals surface area contributed by atoms with Gasteiger partial charge in [-0.2, -0.15) is 0 Å². The Morgan fingerprint density at radius 2 is 1.95 bits per heavy atom. The van der Waals surface area contributed by atoms with Crippen LogP contribution in [0.3, 0.4) is 0 Å². The van der Waals surface area contributed by atoms with Gasteiger partial charge in [0.25, 0.3) is 0 Å². The molecule has 2 aromatic rings. The third-order valence-corrected chi connectivity index (χ3v) is 3.19. The zero-order valence-electron chi connectivity index (χ0n) is 10.8. The molecule has 1 atom stereocenters. The molecule has 2 nitrogen and oxygen atoms in total. The van der Waals surface area contributed by atoms with Gasteiger partial charge in [-0.05, 0) is 42.3 Å². The number of hydrogen-bond acceptors (Lipinski definition) is 2. The van der Waals surface area contributed by atoms with E-state index in [1.165, 1.54) is 12.1 Å². The van der Waals surface area contributed by atoms with Crippen LogP contribution in [0.2, 0.25) is 5.02 Å². The van der Waals surface area contributed by atoms with E-state index >= 15 is 0 Å². The van der Waals surface area contributed by atoms with Crippen molar-refractivity contribution in [2.45, 2.75) is 13.0 Å². The Labute approximate surface area is 117 Å². The Bertz CT molecular complexity index is 580. The molecule has 0 amide bonds. The second kappa shape index (κ2) is 5.59. The zero-order valence-corrected chi connectivity index (χ0v) is 11.5. The highest BCUT2D eigenvalue weighted by molar-refractivity contribution is 6.30. The lowest BCUT2D eigenvalue weighted by Crippen LogP contribution is -2.13. The maximum Gasteiger partial charge on any atom is 0.125 e. The highest BCUT2D eigenvalue weighted by Gasteiger charge is 2.15. The molecule has 0 aliphatic rings. The van der Waals surface area contributed by atoms with Gasteiger partial charge in [-0.25, -0.2) is 4.39 Å². The van der Waals surface area contributed by atoms with Crippen LogP contribution in [0.25, 0.3) is 0 Å². The van der Waals surface area contributed by atoms with Gasteiger partial charge in [0.1, 0.15) is 11.6 Å². The first-order valence-electron chi connectivity index (χ1n) is 5.87. The van der Waals surface area contributed by atoms with Crippen molar-refractivity contribution in [2.75, 3.05) is 7.11 Å². The van der Waals surface area contributed by atoms with Crippen LogP contribution in [-0.4, -0.2) is 7.11 Å². The van der Waals surface area contributed by atoms with E-state index in [0.717, 1.165) is 11.1 Å². The summed E-state index contributed by atoms with van der Waals surface area (Å²) < 4.78 is 18.7. The monoisotopic (exact) mass is 279 g/mol. The van der Waals surface area contributed by atoms with E-state index in [2.05, 4.69) is 0 Å². The Balaban J connectivity index is 2.46. The summed E-state index contributed by atoms with van der Waals surface area (Å²) in [5.41, 5.74) is 8.50. The van der Waals surface area contributed by atoms with Gasteiger partial charge in [-0.3, -0.25) is 0 Å². The minimum Gasteiger partial charge on any atom is -0.496 e. The average molecular weight is 280 g/mol. The molecule has 0 radical (unpaired) electrons. The molecule has 0 spiro atoms. The van der Waals surface area contributed by atoms with Gasteiger partial charge in [0.05, 0.1) is 13.2 Å². The van der Waals surface area contributed by atoms with Gasteiger partial charge in [0.15, 0.2) is 0 Å². The number of aryl methyl sites for hydroxylation is 1. The Morgan fingerprint density at radius 1 is 1.21 bits per heavy atom. The van der Waals surface area contributed by atoms with Crippen molar-refractivity contribution in [1.29, 1.82) is 0 Å². The number of ether oxygens (including phenoxy) is 1. The van der Waals surface area contributed by atoms with Crippen LogP contribution < -0.4 is 10.5 Å². The second-order valence-corrected chi connectivity index (χ2v) is 4.86. The van der Waals surface area contributed by atoms with Crippen molar-refractivity contribution in [1.82, 2.24) is 0 Å². The van der Waals surface area contributed by atoms with E-state index in [1.807, 2.05) is 13.0 Å². The highest BCUT2D eigenvalue weighted by Crippen LogP contribution is 2.31. The normalized spacial score (nSPS) is 12.3. The van der Waals surface area contributed by atoms with Crippen molar-refractivity contribution in [3.8, 4) is 5.75 Å². The fourth-order valence-corrected chi connectivity index (χ4v) is 2.23. The summed E-state index contributed by atoms with van der Waals surface area (Å²) in [5.74, 6) is 0.306. The molecule has 0 fully saturated rings. The van der Waals surface area contributed by atoms with E-state index in [1.54, 1.807) is 25.3 Å². The molecule has 0 heterocycles. The molecule has 100 valence electrons. The standard InChI is InChI=1S/C15H15ClFNO/c1-9-5-10(7-12(17)6-9)15(18)13-4-3-11(16)8-14(13)19-2/h3-8,15H,18H2,1-2H3. The molecule has 0 aliphatic heterocycles. The largest absolute Gasteiger partial charge is 0.496 e. The first-order valence-corrected chi connectivity index (χ1v) is 6.25. The van der Waals surface area contributed by atoms with Gasteiger partial charge in [-0.1, -0.05) is 23.7 Å². The Hall–Kier alpha value is -1.58. The van der Waals surface area contributed by atoms with Crippen molar-refractivity contribution >= 4 is 11.6 Å². The summed E-state index contributed by atoms with van der Waals surface area (Å²) in [5, 5.41) is 0.572. The quantitative estimate of drug-likeness (QED) is 0.926. The van der Waals surface area contributed by atoms with Gasteiger partial charge < -0.3 is 10.5 Å². The van der Waals surface area contributed by atoms with E-state index in [9.17, 15) is 4.39 Å². The van der Waals surface area contributed by atoms with Crippen LogP contribution in [0.5, 0.6) is 5.75 Å². The minimum atomic E-state index is -0.457. The van der Waals surface area contributed by atoms with Crippen LogP contribution in [-0.2, 0) is 0 Å². The van der Waals surface area contributed by atoms with Crippen molar-refractivity contribution < 1.29 is 9.13 Å². The molecular formula is C15H15ClFNO. The van der Waals surface area contributed by atoms with Crippen LogP contribution in [0.1, 0.15) is 22.7 Å². The van der Waals surface area contributed by atoms with E-state index in [4.69, 9.17) is 22.1 Å². The molecule has 0 aromatic heterocycles. The number of methoxy groups -OCH3 is 1. The second-order valence-electron chi connectivity index (χ2n) is 4.43. The lowest BCUT2D eigenvalue weighted by Gasteiger charge is -2.17. The van der Waals surface area contributed by atoms with Gasteiger partial charge in [-0.15, -0.1) is 0 Å². The molecule has 19 heavy (non-hydrogen) atoms. The first-order chi connectivity index (χ1) is 9.01. The molecule has 2 N–H and O–H groups in total. The summed E-state index contributed by atoms with van der Waals surface area (Å²) in [6.45, 7) is 1.83. The molecule has 0 bridgehead atoms. The summed E-state index contributed by atoms with van der Waals surface area (Å²) in [6, 6.07) is 9.55. The third kappa shape index (κ3) is 3.06. The highest BCUT2D eigenvalue weighted by atomic mass is 35.5. The molecule has 1 unspecified atom stereocenters. The zero-order chi connectivity index (χ0) is 14.0. The summed E-state index contributed by atoms with van der Waals surface area (Å²) in [4.78, 5) is 0.